The van der Waals surface area contributed by atoms with Gasteiger partial charge in [0.05, 0.1) is 81.3 Å². The maximum Gasteiger partial charge on any atom is 0.409 e. The highest BCUT2D eigenvalue weighted by atomic mass is 32.3. The van der Waals surface area contributed by atoms with Crippen molar-refractivity contribution in [3.05, 3.63) is 329 Å². The highest BCUT2D eigenvalue weighted by Gasteiger charge is 2.52. The predicted molar refractivity (Wildman–Crippen MR) is 491 cm³/mol. The van der Waals surface area contributed by atoms with Crippen molar-refractivity contribution in [3.8, 4) is 47.0 Å². The van der Waals surface area contributed by atoms with E-state index in [2.05, 4.69) is 62.8 Å². The second-order valence-electron chi connectivity index (χ2n) is 31.0. The molecular formula is C101H114N10O18S. The van der Waals surface area contributed by atoms with Gasteiger partial charge in [-0.1, -0.05) is 243 Å². The molecule has 0 aromatic heterocycles. The van der Waals surface area contributed by atoms with Gasteiger partial charge in [-0.2, -0.15) is 24.2 Å². The van der Waals surface area contributed by atoms with E-state index in [1.54, 1.807) is 28.2 Å². The molecule has 5 amide bonds. The lowest BCUT2D eigenvalue weighted by atomic mass is 9.94. The van der Waals surface area contributed by atoms with E-state index >= 15 is 0 Å². The Balaban J connectivity index is 0.000000180. The number of nitriles is 3. The van der Waals surface area contributed by atoms with Crippen molar-refractivity contribution in [1.82, 2.24) is 24.5 Å². The van der Waals surface area contributed by atoms with Crippen LogP contribution in [0.15, 0.2) is 273 Å². The van der Waals surface area contributed by atoms with Gasteiger partial charge in [-0.25, -0.2) is 27.5 Å². The topological polar surface area (TPSA) is 361 Å². The van der Waals surface area contributed by atoms with E-state index in [0.29, 0.717) is 83.6 Å². The highest BCUT2D eigenvalue weighted by molar-refractivity contribution is 7.82. The van der Waals surface area contributed by atoms with E-state index in [9.17, 15) is 37.7 Å². The smallest absolute Gasteiger partial charge is 0.409 e. The summed E-state index contributed by atoms with van der Waals surface area (Å²) in [7, 11) is 5.24. The van der Waals surface area contributed by atoms with Crippen molar-refractivity contribution in [3.63, 3.8) is 0 Å². The molecule has 14 rings (SSSR count). The predicted octanol–water partition coefficient (Wildman–Crippen LogP) is 16.0. The van der Waals surface area contributed by atoms with Crippen LogP contribution in [0.4, 0.5) is 19.2 Å². The minimum absolute atomic E-state index is 0.155. The number of amides is 5. The molecule has 3 aliphatic carbocycles. The summed E-state index contributed by atoms with van der Waals surface area (Å²) in [6, 6.07) is 93.3. The van der Waals surface area contributed by atoms with Crippen molar-refractivity contribution in [2.24, 2.45) is 11.5 Å². The van der Waals surface area contributed by atoms with Crippen molar-refractivity contribution in [2.45, 2.75) is 101 Å². The molecule has 1 heterocycles. The van der Waals surface area contributed by atoms with Gasteiger partial charge in [0.2, 0.25) is 5.91 Å². The molecule has 0 spiro atoms. The molecule has 1 saturated heterocycles. The van der Waals surface area contributed by atoms with E-state index in [-0.39, 0.29) is 63.3 Å². The van der Waals surface area contributed by atoms with Crippen molar-refractivity contribution in [1.29, 1.82) is 15.8 Å². The molecule has 29 heteroatoms. The average Bonchev–Trinajstić information content (AvgIpc) is 1.58. The molecule has 0 radical (unpaired) electrons. The van der Waals surface area contributed by atoms with Crippen LogP contribution in [-0.4, -0.2) is 177 Å². The van der Waals surface area contributed by atoms with Crippen LogP contribution in [0.1, 0.15) is 94.2 Å². The number of hydrogen-bond donors (Lipinski definition) is 2. The first-order chi connectivity index (χ1) is 63.0. The number of ether oxygens (including phenoxy) is 9. The Morgan fingerprint density at radius 3 is 0.954 bits per heavy atom. The van der Waals surface area contributed by atoms with E-state index in [0.717, 1.165) is 119 Å². The van der Waals surface area contributed by atoms with Gasteiger partial charge in [-0.15, -0.1) is 0 Å². The summed E-state index contributed by atoms with van der Waals surface area (Å²) in [5, 5.41) is 27.0. The van der Waals surface area contributed by atoms with Crippen LogP contribution in [0, 0.1) is 34.0 Å². The Kier molecular flexibility index (Phi) is 40.2. The van der Waals surface area contributed by atoms with Crippen LogP contribution in [0.5, 0.6) is 28.7 Å². The first-order valence-electron chi connectivity index (χ1n) is 42.7. The second kappa shape index (κ2) is 52.3. The molecule has 4 N–H and O–H groups in total. The third-order valence-electron chi connectivity index (χ3n) is 21.1. The van der Waals surface area contributed by atoms with Crippen LogP contribution in [0.2, 0.25) is 0 Å². The first-order valence-corrected chi connectivity index (χ1v) is 44.1. The van der Waals surface area contributed by atoms with Crippen LogP contribution in [0.3, 0.4) is 0 Å². The number of primary amides is 1. The standard InChI is InChI=1S/C21H24N2O4.C21H22N2O3.C20H24N2O3.C19H20N2O3.C18H20N2O.C2H4O4S/c1-23(20(25)27-15-16-7-3-2-4-8-16)13-14-26-18-10-6-5-9-17(18)21(11-12-21)19(22)24;1-23(20(24)26-15-17-7-3-2-4-8-17)13-14-25-19-10-6-5-9-18(19)21(16-22)11-12-21;1-22(19(23)25-15-16-7-3-2-4-8-16)13-14-24-18-10-6-5-9-17(18)20(21)11-12-20;1-21(19(22)24-15-16-7-3-2-4-8-16)13-14-23-18-10-6-5-9-17(18)11-12-20;1-20(15-16-7-3-2-4-8-16)13-14-21-18-10-6-5-9-17(18)11-12-19;3-7(4)5-1-2-6-7/h2-10H,11-15H2,1H3,(H2,22,24);2-10H,11-15H2,1H3;2-10H,11-15,21H2,1H3;2-10H,11,13-15H2,1H3;2-10H,11,13-15H2,1H3;1-2H2. The third-order valence-corrected chi connectivity index (χ3v) is 22.0. The Labute approximate surface area is 762 Å². The van der Waals surface area contributed by atoms with Crippen molar-refractivity contribution in [2.75, 3.05) is 114 Å². The molecule has 0 bridgehead atoms. The number of carbonyl (C=O) groups excluding carboxylic acids is 5. The van der Waals surface area contributed by atoms with Gasteiger partial charge in [0.25, 0.3) is 0 Å². The first kappa shape index (κ1) is 99.8. The molecule has 0 atom stereocenters. The Bertz CT molecular complexity index is 5410. The minimum Gasteiger partial charge on any atom is -0.492 e. The summed E-state index contributed by atoms with van der Waals surface area (Å²) in [5.41, 5.74) is 20.3. The minimum atomic E-state index is -3.55. The molecule has 0 unspecified atom stereocenters. The highest BCUT2D eigenvalue weighted by Crippen LogP contribution is 2.52. The van der Waals surface area contributed by atoms with Gasteiger partial charge in [0.15, 0.2) is 0 Å². The number of hydrogen-bond acceptors (Lipinski definition) is 23. The molecular weight excluding hydrogens is 1670 g/mol. The summed E-state index contributed by atoms with van der Waals surface area (Å²) in [5.74, 6) is 3.32. The maximum absolute atomic E-state index is 12.1. The molecule has 10 aromatic rings. The van der Waals surface area contributed by atoms with Gasteiger partial charge >= 0.3 is 34.8 Å². The number of rotatable bonds is 36. The monoisotopic (exact) mass is 1790 g/mol. The Hall–Kier alpha value is -14.0. The maximum atomic E-state index is 12.1. The molecule has 4 aliphatic rings. The van der Waals surface area contributed by atoms with Crippen LogP contribution < -0.4 is 35.2 Å². The van der Waals surface area contributed by atoms with Gasteiger partial charge in [0, 0.05) is 74.6 Å². The average molecular weight is 1790 g/mol. The molecule has 4 fully saturated rings. The fourth-order valence-electron chi connectivity index (χ4n) is 12.9. The van der Waals surface area contributed by atoms with Gasteiger partial charge in [0.1, 0.15) is 88.2 Å². The summed E-state index contributed by atoms with van der Waals surface area (Å²) in [6.07, 6.45) is 4.33. The van der Waals surface area contributed by atoms with Crippen molar-refractivity contribution < 1.29 is 83.4 Å². The second-order valence-corrected chi connectivity index (χ2v) is 32.3. The quantitative estimate of drug-likeness (QED) is 0.0344. The fraction of sp³-hybridized carbons (Fsp3) is 0.327. The normalized spacial score (nSPS) is 13.6. The lowest BCUT2D eigenvalue weighted by Gasteiger charge is -2.20. The molecule has 28 nitrogen and oxygen atoms in total. The number of nitrogens with zero attached hydrogens (tertiary/aromatic N) is 8. The van der Waals surface area contributed by atoms with Crippen LogP contribution in [0.25, 0.3) is 0 Å². The molecule has 130 heavy (non-hydrogen) atoms. The van der Waals surface area contributed by atoms with Crippen molar-refractivity contribution >= 4 is 40.7 Å². The van der Waals surface area contributed by atoms with Gasteiger partial charge < -0.3 is 73.7 Å². The molecule has 3 saturated carbocycles. The zero-order valence-corrected chi connectivity index (χ0v) is 75.0. The van der Waals surface area contributed by atoms with E-state index < -0.39 is 33.4 Å². The SMILES string of the molecule is CN(CCOc1ccccc1C1(C#N)CC1)C(=O)OCc1ccccc1.CN(CCOc1ccccc1C1(C(N)=O)CC1)C(=O)OCc1ccccc1.CN(CCOc1ccccc1C1(N)CC1)C(=O)OCc1ccccc1.CN(CCOc1ccccc1CC#N)C(=O)OCc1ccccc1.CN(CCOc1ccccc1CC#N)Cc1ccccc1.O=S1(=O)OCCO1. The van der Waals surface area contributed by atoms with Crippen LogP contribution in [-0.2, 0) is 105 Å². The van der Waals surface area contributed by atoms with Gasteiger partial charge in [-0.05, 0) is 104 Å². The van der Waals surface area contributed by atoms with E-state index in [1.165, 1.54) is 25.2 Å². The lowest BCUT2D eigenvalue weighted by Crippen LogP contribution is -2.32. The number of benzene rings is 10. The summed E-state index contributed by atoms with van der Waals surface area (Å²) >= 11 is 0. The van der Waals surface area contributed by atoms with Crippen LogP contribution >= 0.6 is 0 Å². The summed E-state index contributed by atoms with van der Waals surface area (Å²) < 4.78 is 78.3. The zero-order valence-electron chi connectivity index (χ0n) is 74.1. The number of para-hydroxylation sites is 5. The third kappa shape index (κ3) is 33.7. The summed E-state index contributed by atoms with van der Waals surface area (Å²) in [6.45, 7) is 6.64. The summed E-state index contributed by atoms with van der Waals surface area (Å²) in [4.78, 5) is 68.0. The zero-order chi connectivity index (χ0) is 92.8. The fourth-order valence-corrected chi connectivity index (χ4v) is 13.5. The van der Waals surface area contributed by atoms with Gasteiger partial charge in [-0.3, -0.25) is 9.69 Å². The number of nitrogens with two attached hydrogens (primary N) is 2. The number of carbonyl (C=O) groups is 5. The number of likely N-dealkylation sites (N-methyl/N-ethyl adjacent to an activating group) is 5. The largest absolute Gasteiger partial charge is 0.492 e. The van der Waals surface area contributed by atoms with E-state index in [4.69, 9.17) is 64.6 Å². The Morgan fingerprint density at radius 2 is 0.646 bits per heavy atom. The Morgan fingerprint density at radius 1 is 0.362 bits per heavy atom. The van der Waals surface area contributed by atoms with E-state index in [1.807, 2.05) is 249 Å². The lowest BCUT2D eigenvalue weighted by molar-refractivity contribution is -0.120. The molecule has 1 aliphatic heterocycles. The molecule has 682 valence electrons. The molecule has 10 aromatic carbocycles.